The van der Waals surface area contributed by atoms with Gasteiger partial charge in [0.2, 0.25) is 5.91 Å². The summed E-state index contributed by atoms with van der Waals surface area (Å²) >= 11 is 0.920. The van der Waals surface area contributed by atoms with Crippen LogP contribution in [0.1, 0.15) is 0 Å². The number of thioether (sulfide) groups is 1. The predicted molar refractivity (Wildman–Crippen MR) is 113 cm³/mol. The summed E-state index contributed by atoms with van der Waals surface area (Å²) in [5.41, 5.74) is 0.0274. The van der Waals surface area contributed by atoms with Gasteiger partial charge in [-0.1, -0.05) is 36.0 Å². The third-order valence-electron chi connectivity index (χ3n) is 4.37. The quantitative estimate of drug-likeness (QED) is 0.365. The van der Waals surface area contributed by atoms with E-state index < -0.39 is 28.9 Å². The maximum absolute atomic E-state index is 14.5. The smallest absolute Gasteiger partial charge is 0.266 e. The van der Waals surface area contributed by atoms with E-state index in [1.54, 1.807) is 30.3 Å². The molecule has 0 unspecified atom stereocenters. The predicted octanol–water partition coefficient (Wildman–Crippen LogP) is 4.53. The van der Waals surface area contributed by atoms with Gasteiger partial charge in [-0.15, -0.1) is 0 Å². The number of anilines is 1. The van der Waals surface area contributed by atoms with Crippen LogP contribution in [0.3, 0.4) is 0 Å². The molecule has 5 nitrogen and oxygen atoms in total. The molecule has 0 atom stereocenters. The molecule has 0 bridgehead atoms. The zero-order chi connectivity index (χ0) is 22.0. The Morgan fingerprint density at radius 1 is 0.935 bits per heavy atom. The number of benzene rings is 3. The summed E-state index contributed by atoms with van der Waals surface area (Å²) in [5.74, 6) is -3.46. The summed E-state index contributed by atoms with van der Waals surface area (Å²) in [7, 11) is 0. The van der Waals surface area contributed by atoms with Gasteiger partial charge in [0.15, 0.2) is 16.8 Å². The van der Waals surface area contributed by atoms with E-state index in [4.69, 9.17) is 0 Å². The van der Waals surface area contributed by atoms with Crippen molar-refractivity contribution in [2.45, 2.75) is 5.16 Å². The number of fused-ring (bicyclic) bond motifs is 1. The van der Waals surface area contributed by atoms with E-state index in [-0.39, 0.29) is 22.3 Å². The second-order valence-electron chi connectivity index (χ2n) is 6.47. The second kappa shape index (κ2) is 8.65. The highest BCUT2D eigenvalue weighted by atomic mass is 32.2. The van der Waals surface area contributed by atoms with Crippen LogP contribution < -0.4 is 10.9 Å². The van der Waals surface area contributed by atoms with Gasteiger partial charge in [-0.25, -0.2) is 18.2 Å². The third-order valence-corrected chi connectivity index (χ3v) is 5.31. The molecular weight excluding hydrogens is 427 g/mol. The van der Waals surface area contributed by atoms with Crippen molar-refractivity contribution in [3.05, 3.63) is 94.5 Å². The second-order valence-corrected chi connectivity index (χ2v) is 7.41. The monoisotopic (exact) mass is 441 g/mol. The van der Waals surface area contributed by atoms with Crippen molar-refractivity contribution < 1.29 is 18.0 Å². The van der Waals surface area contributed by atoms with Crippen molar-refractivity contribution in [2.75, 3.05) is 11.1 Å². The summed E-state index contributed by atoms with van der Waals surface area (Å²) in [6.45, 7) is 0. The van der Waals surface area contributed by atoms with E-state index in [1.807, 2.05) is 0 Å². The lowest BCUT2D eigenvalue weighted by Crippen LogP contribution is -2.23. The number of rotatable bonds is 5. The zero-order valence-corrected chi connectivity index (χ0v) is 16.6. The van der Waals surface area contributed by atoms with Crippen LogP contribution in [0.4, 0.5) is 18.9 Å². The van der Waals surface area contributed by atoms with Crippen LogP contribution in [-0.2, 0) is 4.79 Å². The van der Waals surface area contributed by atoms with Crippen molar-refractivity contribution in [2.24, 2.45) is 0 Å². The number of para-hydroxylation sites is 2. The van der Waals surface area contributed by atoms with Crippen molar-refractivity contribution >= 4 is 34.3 Å². The highest BCUT2D eigenvalue weighted by molar-refractivity contribution is 7.99. The lowest BCUT2D eigenvalue weighted by Gasteiger charge is -2.14. The molecule has 1 amide bonds. The molecule has 0 radical (unpaired) electrons. The Hall–Kier alpha value is -3.59. The van der Waals surface area contributed by atoms with Crippen LogP contribution >= 0.6 is 11.8 Å². The first-order valence-corrected chi connectivity index (χ1v) is 10.1. The summed E-state index contributed by atoms with van der Waals surface area (Å²) < 4.78 is 42.0. The lowest BCUT2D eigenvalue weighted by atomic mass is 10.2. The molecular formula is C22H14F3N3O2S. The highest BCUT2D eigenvalue weighted by Gasteiger charge is 2.17. The van der Waals surface area contributed by atoms with Crippen molar-refractivity contribution in [1.82, 2.24) is 9.55 Å². The van der Waals surface area contributed by atoms with Gasteiger partial charge >= 0.3 is 0 Å². The Kier molecular flexibility index (Phi) is 5.77. The molecule has 31 heavy (non-hydrogen) atoms. The van der Waals surface area contributed by atoms with Crippen LogP contribution in [0.2, 0.25) is 0 Å². The Morgan fingerprint density at radius 2 is 1.68 bits per heavy atom. The largest absolute Gasteiger partial charge is 0.325 e. The van der Waals surface area contributed by atoms with E-state index in [1.165, 1.54) is 24.3 Å². The van der Waals surface area contributed by atoms with E-state index >= 15 is 0 Å². The number of hydrogen-bond donors (Lipinski definition) is 1. The SMILES string of the molecule is O=C(CSc1nc2ccccc2c(=O)n1-c1ccccc1F)Nc1ccc(F)c(F)c1. The molecule has 3 aromatic carbocycles. The topological polar surface area (TPSA) is 64.0 Å². The Bertz CT molecular complexity index is 1360. The van der Waals surface area contributed by atoms with Gasteiger partial charge in [-0.3, -0.25) is 14.2 Å². The van der Waals surface area contributed by atoms with Crippen molar-refractivity contribution in [1.29, 1.82) is 0 Å². The van der Waals surface area contributed by atoms with Crippen LogP contribution in [0.5, 0.6) is 0 Å². The lowest BCUT2D eigenvalue weighted by molar-refractivity contribution is -0.113. The molecule has 0 aliphatic heterocycles. The molecule has 0 aliphatic rings. The van der Waals surface area contributed by atoms with Gasteiger partial charge in [0.1, 0.15) is 5.82 Å². The molecule has 0 aliphatic carbocycles. The normalized spacial score (nSPS) is 10.9. The number of halogens is 3. The molecule has 1 aromatic heterocycles. The van der Waals surface area contributed by atoms with Crippen LogP contribution in [0, 0.1) is 17.5 Å². The molecule has 156 valence electrons. The maximum atomic E-state index is 14.5. The average molecular weight is 441 g/mol. The number of carbonyl (C=O) groups excluding carboxylic acids is 1. The van der Waals surface area contributed by atoms with Gasteiger partial charge < -0.3 is 5.32 Å². The van der Waals surface area contributed by atoms with Crippen LogP contribution in [0.25, 0.3) is 16.6 Å². The fourth-order valence-corrected chi connectivity index (χ4v) is 3.76. The molecule has 0 saturated heterocycles. The number of nitrogens with zero attached hydrogens (tertiary/aromatic N) is 2. The van der Waals surface area contributed by atoms with E-state index in [0.717, 1.165) is 28.5 Å². The first-order valence-electron chi connectivity index (χ1n) is 9.08. The summed E-state index contributed by atoms with van der Waals surface area (Å²) in [6, 6.07) is 15.4. The van der Waals surface area contributed by atoms with Crippen LogP contribution in [0.15, 0.2) is 76.7 Å². The molecule has 0 saturated carbocycles. The van der Waals surface area contributed by atoms with E-state index in [9.17, 15) is 22.8 Å². The van der Waals surface area contributed by atoms with Gasteiger partial charge in [0.05, 0.1) is 22.3 Å². The number of amides is 1. The molecule has 4 rings (SSSR count). The van der Waals surface area contributed by atoms with E-state index in [0.29, 0.717) is 10.9 Å². The summed E-state index contributed by atoms with van der Waals surface area (Å²) in [5, 5.41) is 2.87. The fraction of sp³-hybridized carbons (Fsp3) is 0.0455. The zero-order valence-electron chi connectivity index (χ0n) is 15.8. The molecule has 1 heterocycles. The number of hydrogen-bond acceptors (Lipinski definition) is 4. The molecule has 0 fully saturated rings. The first-order chi connectivity index (χ1) is 14.9. The molecule has 4 aromatic rings. The first kappa shape index (κ1) is 20.7. The maximum Gasteiger partial charge on any atom is 0.266 e. The Balaban J connectivity index is 1.67. The summed E-state index contributed by atoms with van der Waals surface area (Å²) in [6.07, 6.45) is 0. The number of aromatic nitrogens is 2. The van der Waals surface area contributed by atoms with Crippen molar-refractivity contribution in [3.8, 4) is 5.69 Å². The minimum absolute atomic E-state index is 0.00858. The van der Waals surface area contributed by atoms with Gasteiger partial charge in [-0.2, -0.15) is 0 Å². The summed E-state index contributed by atoms with van der Waals surface area (Å²) in [4.78, 5) is 29.8. The number of nitrogens with one attached hydrogen (secondary N) is 1. The Morgan fingerprint density at radius 3 is 2.45 bits per heavy atom. The average Bonchev–Trinajstić information content (AvgIpc) is 2.76. The van der Waals surface area contributed by atoms with Gasteiger partial charge in [-0.05, 0) is 36.4 Å². The van der Waals surface area contributed by atoms with Gasteiger partial charge in [0.25, 0.3) is 5.56 Å². The van der Waals surface area contributed by atoms with Crippen molar-refractivity contribution in [3.63, 3.8) is 0 Å². The van der Waals surface area contributed by atoms with Gasteiger partial charge in [0, 0.05) is 11.8 Å². The fourth-order valence-electron chi connectivity index (χ4n) is 2.96. The Labute approximate surface area is 178 Å². The third kappa shape index (κ3) is 4.31. The van der Waals surface area contributed by atoms with Crippen LogP contribution in [-0.4, -0.2) is 21.2 Å². The number of carbonyl (C=O) groups is 1. The molecule has 1 N–H and O–H groups in total. The molecule has 9 heteroatoms. The minimum atomic E-state index is -1.09. The molecule has 0 spiro atoms. The minimum Gasteiger partial charge on any atom is -0.325 e. The highest BCUT2D eigenvalue weighted by Crippen LogP contribution is 2.23. The standard InChI is InChI=1S/C22H14F3N3O2S/c23-15-10-9-13(11-17(15)25)26-20(29)12-31-22-27-18-7-3-1-5-14(18)21(30)28(22)19-8-4-2-6-16(19)24/h1-11H,12H2,(H,26,29). The van der Waals surface area contributed by atoms with E-state index in [2.05, 4.69) is 10.3 Å².